The third kappa shape index (κ3) is 13.4. The van der Waals surface area contributed by atoms with Crippen molar-refractivity contribution in [1.29, 1.82) is 0 Å². The number of benzene rings is 2. The molecule has 7 nitrogen and oxygen atoms in total. The van der Waals surface area contributed by atoms with Gasteiger partial charge >= 0.3 is 59.1 Å². The van der Waals surface area contributed by atoms with Crippen LogP contribution in [0.3, 0.4) is 0 Å². The fraction of sp³-hybridized carbons (Fsp3) is 0.500. The smallest absolute Gasteiger partial charge is 0.744 e. The minimum atomic E-state index is -5.06. The molecule has 0 heterocycles. The molecule has 0 spiro atoms. The zero-order valence-electron chi connectivity index (χ0n) is 21.0. The van der Waals surface area contributed by atoms with Gasteiger partial charge in [-0.05, 0) is 48.7 Å². The normalized spacial score (nSPS) is 11.4. The Hall–Kier alpha value is 0.0600. The second-order valence-electron chi connectivity index (χ2n) is 8.20. The Morgan fingerprint density at radius 1 is 0.714 bits per heavy atom. The molecule has 0 aromatic heterocycles. The molecule has 0 fully saturated rings. The van der Waals surface area contributed by atoms with E-state index in [1.54, 1.807) is 18.2 Å². The molecule has 0 saturated carbocycles. The second kappa shape index (κ2) is 17.5. The maximum absolute atomic E-state index is 11.6. The minimum Gasteiger partial charge on any atom is -0.744 e. The number of hydrogen-bond donors (Lipinski definition) is 0. The van der Waals surface area contributed by atoms with Crippen LogP contribution in [0.2, 0.25) is 0 Å². The van der Waals surface area contributed by atoms with Gasteiger partial charge in [0.1, 0.15) is 31.7 Å². The van der Waals surface area contributed by atoms with Gasteiger partial charge < -0.3 is 13.8 Å². The van der Waals surface area contributed by atoms with Gasteiger partial charge in [-0.3, -0.25) is 0 Å². The average Bonchev–Trinajstić information content (AvgIpc) is 2.74. The van der Waals surface area contributed by atoms with E-state index in [2.05, 4.69) is 6.92 Å². The first kappa shape index (κ1) is 35.1. The van der Waals surface area contributed by atoms with Crippen LogP contribution in [0.1, 0.15) is 76.7 Å². The van der Waals surface area contributed by atoms with Gasteiger partial charge in [0.15, 0.2) is 0 Å². The van der Waals surface area contributed by atoms with E-state index in [4.69, 9.17) is 4.74 Å². The van der Waals surface area contributed by atoms with Crippen molar-refractivity contribution in [2.75, 3.05) is 0 Å². The molecule has 0 atom stereocenters. The molecule has 2 aromatic rings. The first-order valence-electron chi connectivity index (χ1n) is 11.4. The standard InChI is InChI=1S/C24H34O7S2.2Na/c1-2-3-4-5-6-7-8-9-10-11-13-20-14-12-15-21(18-20)31-23-17-16-22(32(25,26)27)19-24(23)33(28,29)30;;/h12,14-19H,2-11,13H2,1H3,(H,25,26,27)(H,28,29,30);;/q;2*+1/p-2. The van der Waals surface area contributed by atoms with Crippen molar-refractivity contribution in [1.82, 2.24) is 0 Å². The van der Waals surface area contributed by atoms with E-state index in [0.717, 1.165) is 37.0 Å². The molecule has 0 unspecified atom stereocenters. The van der Waals surface area contributed by atoms with Crippen LogP contribution in [-0.4, -0.2) is 25.9 Å². The molecule has 35 heavy (non-hydrogen) atoms. The summed E-state index contributed by atoms with van der Waals surface area (Å²) in [6.45, 7) is 2.22. The molecular weight excluding hydrogens is 510 g/mol. The van der Waals surface area contributed by atoms with Crippen LogP contribution in [-0.2, 0) is 26.7 Å². The molecule has 11 heteroatoms. The van der Waals surface area contributed by atoms with Crippen LogP contribution in [0.4, 0.5) is 0 Å². The molecule has 0 aliphatic rings. The summed E-state index contributed by atoms with van der Waals surface area (Å²) in [6.07, 6.45) is 13.3. The largest absolute Gasteiger partial charge is 1.00 e. The van der Waals surface area contributed by atoms with Crippen LogP contribution in [0.5, 0.6) is 11.5 Å². The van der Waals surface area contributed by atoms with Crippen molar-refractivity contribution in [3.8, 4) is 11.5 Å². The Labute approximate surface area is 254 Å². The Bertz CT molecular complexity index is 1100. The Morgan fingerprint density at radius 2 is 1.29 bits per heavy atom. The molecule has 2 rings (SSSR count). The maximum Gasteiger partial charge on any atom is 1.00 e. The SMILES string of the molecule is CCCCCCCCCCCCc1cccc(Oc2ccc(S(=O)(=O)[O-])cc2S(=O)(=O)[O-])c1.[Na+].[Na+]. The monoisotopic (exact) mass is 542 g/mol. The van der Waals surface area contributed by atoms with Crippen LogP contribution >= 0.6 is 0 Å². The van der Waals surface area contributed by atoms with E-state index in [0.29, 0.717) is 11.8 Å². The Kier molecular flexibility index (Phi) is 17.6. The third-order valence-corrected chi connectivity index (χ3v) is 7.11. The van der Waals surface area contributed by atoms with Gasteiger partial charge in [-0.15, -0.1) is 0 Å². The molecule has 0 aliphatic heterocycles. The fourth-order valence-corrected chi connectivity index (χ4v) is 4.83. The Balaban J connectivity index is 0.00000578. The van der Waals surface area contributed by atoms with Crippen molar-refractivity contribution >= 4 is 20.2 Å². The summed E-state index contributed by atoms with van der Waals surface area (Å²) in [6, 6.07) is 9.54. The zero-order chi connectivity index (χ0) is 24.3. The predicted octanol–water partition coefficient (Wildman–Crippen LogP) is -0.241. The number of ether oxygens (including phenoxy) is 1. The number of unbranched alkanes of at least 4 members (excludes halogenated alkanes) is 9. The minimum absolute atomic E-state index is 0. The van der Waals surface area contributed by atoms with Gasteiger partial charge in [-0.2, -0.15) is 0 Å². The van der Waals surface area contributed by atoms with Crippen molar-refractivity contribution in [2.24, 2.45) is 0 Å². The molecule has 0 N–H and O–H groups in total. The molecule has 0 bridgehead atoms. The summed E-state index contributed by atoms with van der Waals surface area (Å²) in [5.74, 6) is -0.00398. The van der Waals surface area contributed by atoms with Gasteiger partial charge in [0.05, 0.1) is 9.79 Å². The first-order valence-corrected chi connectivity index (χ1v) is 14.3. The van der Waals surface area contributed by atoms with Gasteiger partial charge in [-0.1, -0.05) is 76.8 Å². The van der Waals surface area contributed by atoms with E-state index >= 15 is 0 Å². The van der Waals surface area contributed by atoms with Crippen molar-refractivity contribution < 1.29 is 89.8 Å². The second-order valence-corrected chi connectivity index (χ2v) is 10.9. The summed E-state index contributed by atoms with van der Waals surface area (Å²) in [7, 11) is -9.97. The molecule has 0 aliphatic carbocycles. The summed E-state index contributed by atoms with van der Waals surface area (Å²) in [5.41, 5.74) is 1.01. The van der Waals surface area contributed by atoms with Crippen LogP contribution in [0, 0.1) is 0 Å². The van der Waals surface area contributed by atoms with Gasteiger partial charge in [-0.25, -0.2) is 16.8 Å². The summed E-state index contributed by atoms with van der Waals surface area (Å²) in [5, 5.41) is 0. The third-order valence-electron chi connectivity index (χ3n) is 5.42. The van der Waals surface area contributed by atoms with Crippen LogP contribution in [0.25, 0.3) is 0 Å². The van der Waals surface area contributed by atoms with E-state index in [9.17, 15) is 25.9 Å². The van der Waals surface area contributed by atoms with E-state index < -0.39 is 30.0 Å². The van der Waals surface area contributed by atoms with E-state index in [-0.39, 0.29) is 64.9 Å². The van der Waals surface area contributed by atoms with Crippen molar-refractivity contribution in [3.63, 3.8) is 0 Å². The number of hydrogen-bond acceptors (Lipinski definition) is 7. The topological polar surface area (TPSA) is 124 Å². The molecule has 184 valence electrons. The average molecular weight is 543 g/mol. The molecular formula is C24H32Na2O7S2. The van der Waals surface area contributed by atoms with E-state index in [1.807, 2.05) is 6.07 Å². The number of aryl methyl sites for hydroxylation is 1. The summed E-state index contributed by atoms with van der Waals surface area (Å²) < 4.78 is 73.8. The van der Waals surface area contributed by atoms with Crippen LogP contribution in [0.15, 0.2) is 52.3 Å². The van der Waals surface area contributed by atoms with Crippen molar-refractivity contribution in [2.45, 2.75) is 87.3 Å². The number of rotatable bonds is 15. The molecule has 2 aromatic carbocycles. The molecule has 0 amide bonds. The fourth-order valence-electron chi connectivity index (χ4n) is 3.63. The van der Waals surface area contributed by atoms with Gasteiger partial charge in [0.25, 0.3) is 0 Å². The molecule has 0 saturated heterocycles. The summed E-state index contributed by atoms with van der Waals surface area (Å²) in [4.78, 5) is -1.70. The molecule has 0 radical (unpaired) electrons. The van der Waals surface area contributed by atoms with Gasteiger partial charge in [0.2, 0.25) is 0 Å². The quantitative estimate of drug-likeness (QED) is 0.173. The first-order chi connectivity index (χ1) is 15.6. The Morgan fingerprint density at radius 3 is 1.83 bits per heavy atom. The van der Waals surface area contributed by atoms with E-state index in [1.165, 1.54) is 51.4 Å². The van der Waals surface area contributed by atoms with Crippen molar-refractivity contribution in [3.05, 3.63) is 48.0 Å². The predicted molar refractivity (Wildman–Crippen MR) is 124 cm³/mol. The van der Waals surface area contributed by atoms with Crippen LogP contribution < -0.4 is 63.9 Å². The maximum atomic E-state index is 11.6. The summed E-state index contributed by atoms with van der Waals surface area (Å²) >= 11 is 0. The van der Waals surface area contributed by atoms with Gasteiger partial charge in [0, 0.05) is 0 Å². The zero-order valence-corrected chi connectivity index (χ0v) is 26.6.